The molecule has 0 spiro atoms. The first-order valence-electron chi connectivity index (χ1n) is 3.32. The van der Waals surface area contributed by atoms with Crippen LogP contribution in [0.15, 0.2) is 0 Å². The summed E-state index contributed by atoms with van der Waals surface area (Å²) in [4.78, 5) is 12.8. The number of nitrogens with zero attached hydrogens (tertiary/aromatic N) is 1. The highest BCUT2D eigenvalue weighted by Gasteiger charge is 2.44. The van der Waals surface area contributed by atoms with Crippen LogP contribution in [0.5, 0.6) is 0 Å². The molecule has 2 fully saturated rings. The lowest BCUT2D eigenvalue weighted by Gasteiger charge is -2.32. The molecule has 0 aromatic carbocycles. The number of hydrogen-bond acceptors (Lipinski definition) is 2. The zero-order chi connectivity index (χ0) is 7.14. The molecule has 0 bridgehead atoms. The number of rotatable bonds is 1. The van der Waals surface area contributed by atoms with Crippen molar-refractivity contribution in [3.05, 3.63) is 0 Å². The molecule has 0 saturated carbocycles. The molecule has 0 radical (unpaired) electrons. The molecule has 56 valence electrons. The molecule has 0 aliphatic carbocycles. The summed E-state index contributed by atoms with van der Waals surface area (Å²) in [5, 5.41) is 0.953. The van der Waals surface area contributed by atoms with Crippen LogP contribution in [0.4, 0.5) is 0 Å². The highest BCUT2D eigenvalue weighted by Crippen LogP contribution is 2.39. The van der Waals surface area contributed by atoms with E-state index in [0.717, 1.165) is 13.0 Å². The van der Waals surface area contributed by atoms with E-state index in [4.69, 9.17) is 11.6 Å². The standard InChI is InChI=1S/C6H8ClNOS/c7-2-4-3-8-5(9)1-6(8)10-4/h4,6H,1-3H2/t4?,6-/m0/s1. The van der Waals surface area contributed by atoms with Gasteiger partial charge in [0.1, 0.15) is 0 Å². The fourth-order valence-electron chi connectivity index (χ4n) is 1.34. The van der Waals surface area contributed by atoms with E-state index in [9.17, 15) is 4.79 Å². The first-order chi connectivity index (χ1) is 4.81. The van der Waals surface area contributed by atoms with Crippen molar-refractivity contribution in [2.24, 2.45) is 0 Å². The van der Waals surface area contributed by atoms with Gasteiger partial charge in [0.2, 0.25) is 5.91 Å². The molecule has 2 heterocycles. The van der Waals surface area contributed by atoms with Gasteiger partial charge >= 0.3 is 0 Å². The predicted molar refractivity (Wildman–Crippen MR) is 42.2 cm³/mol. The van der Waals surface area contributed by atoms with Crippen molar-refractivity contribution >= 4 is 29.3 Å². The number of fused-ring (bicyclic) bond motifs is 1. The molecule has 0 N–H and O–H groups in total. The largest absolute Gasteiger partial charge is 0.329 e. The highest BCUT2D eigenvalue weighted by atomic mass is 35.5. The first kappa shape index (κ1) is 6.80. The van der Waals surface area contributed by atoms with Crippen molar-refractivity contribution in [3.8, 4) is 0 Å². The van der Waals surface area contributed by atoms with Gasteiger partial charge in [-0.3, -0.25) is 4.79 Å². The third-order valence-electron chi connectivity index (χ3n) is 1.94. The second-order valence-electron chi connectivity index (χ2n) is 2.62. The molecule has 2 saturated heterocycles. The van der Waals surface area contributed by atoms with Crippen molar-refractivity contribution in [2.45, 2.75) is 17.0 Å². The third kappa shape index (κ3) is 0.839. The van der Waals surface area contributed by atoms with Gasteiger partial charge in [-0.1, -0.05) is 0 Å². The zero-order valence-corrected chi connectivity index (χ0v) is 6.99. The minimum atomic E-state index is 0.296. The van der Waals surface area contributed by atoms with Gasteiger partial charge in [-0.2, -0.15) is 0 Å². The topological polar surface area (TPSA) is 20.3 Å². The van der Waals surface area contributed by atoms with Gasteiger partial charge in [-0.15, -0.1) is 23.4 Å². The van der Waals surface area contributed by atoms with Crippen LogP contribution in [-0.4, -0.2) is 33.9 Å². The summed E-state index contributed by atoms with van der Waals surface area (Å²) in [5.74, 6) is 0.968. The Kier molecular flexibility index (Phi) is 1.57. The summed E-state index contributed by atoms with van der Waals surface area (Å²) in [6.45, 7) is 0.873. The van der Waals surface area contributed by atoms with Crippen LogP contribution < -0.4 is 0 Å². The van der Waals surface area contributed by atoms with E-state index in [0.29, 0.717) is 22.4 Å². The summed E-state index contributed by atoms with van der Waals surface area (Å²) in [6.07, 6.45) is 0.734. The first-order valence-corrected chi connectivity index (χ1v) is 4.80. The Morgan fingerprint density at radius 3 is 3.10 bits per heavy atom. The monoisotopic (exact) mass is 177 g/mol. The van der Waals surface area contributed by atoms with Crippen LogP contribution in [0.3, 0.4) is 0 Å². The van der Waals surface area contributed by atoms with Crippen LogP contribution >= 0.6 is 23.4 Å². The Morgan fingerprint density at radius 1 is 1.80 bits per heavy atom. The van der Waals surface area contributed by atoms with E-state index in [2.05, 4.69) is 0 Å². The van der Waals surface area contributed by atoms with E-state index in [1.54, 1.807) is 0 Å². The van der Waals surface area contributed by atoms with Crippen LogP contribution in [0.25, 0.3) is 0 Å². The summed E-state index contributed by atoms with van der Waals surface area (Å²) in [5.41, 5.74) is 0. The van der Waals surface area contributed by atoms with Crippen LogP contribution in [0.2, 0.25) is 0 Å². The maximum atomic E-state index is 10.8. The molecule has 4 heteroatoms. The lowest BCUT2D eigenvalue weighted by atomic mass is 10.2. The van der Waals surface area contributed by atoms with Crippen LogP contribution in [0, 0.1) is 0 Å². The summed E-state index contributed by atoms with van der Waals surface area (Å²) < 4.78 is 0. The van der Waals surface area contributed by atoms with Crippen molar-refractivity contribution in [1.29, 1.82) is 0 Å². The second kappa shape index (κ2) is 2.31. The summed E-state index contributed by atoms with van der Waals surface area (Å²) >= 11 is 7.49. The predicted octanol–water partition coefficient (Wildman–Crippen LogP) is 0.899. The lowest BCUT2D eigenvalue weighted by Crippen LogP contribution is -2.47. The van der Waals surface area contributed by atoms with Crippen LogP contribution in [0.1, 0.15) is 6.42 Å². The lowest BCUT2D eigenvalue weighted by molar-refractivity contribution is -0.140. The Labute approximate surface area is 68.9 Å². The minimum Gasteiger partial charge on any atom is -0.329 e. The van der Waals surface area contributed by atoms with E-state index in [-0.39, 0.29) is 0 Å². The third-order valence-corrected chi connectivity index (χ3v) is 3.93. The van der Waals surface area contributed by atoms with Gasteiger partial charge in [0, 0.05) is 17.7 Å². The van der Waals surface area contributed by atoms with Crippen molar-refractivity contribution in [1.82, 2.24) is 4.90 Å². The quantitative estimate of drug-likeness (QED) is 0.438. The minimum absolute atomic E-state index is 0.296. The summed E-state index contributed by atoms with van der Waals surface area (Å²) in [6, 6.07) is 0. The molecule has 0 aromatic heterocycles. The number of amides is 1. The molecule has 1 amide bonds. The number of carbonyl (C=O) groups excluding carboxylic acids is 1. The average Bonchev–Trinajstić information content (AvgIpc) is 2.26. The molecule has 10 heavy (non-hydrogen) atoms. The number of thioether (sulfide) groups is 1. The molecule has 2 aliphatic heterocycles. The average molecular weight is 178 g/mol. The van der Waals surface area contributed by atoms with Gasteiger partial charge in [0.05, 0.1) is 11.8 Å². The van der Waals surface area contributed by atoms with Gasteiger partial charge < -0.3 is 4.90 Å². The molecule has 0 aromatic rings. The fourth-order valence-corrected chi connectivity index (χ4v) is 3.00. The van der Waals surface area contributed by atoms with Gasteiger partial charge in [-0.05, 0) is 0 Å². The second-order valence-corrected chi connectivity index (χ2v) is 4.41. The normalized spacial score (nSPS) is 37.7. The zero-order valence-electron chi connectivity index (χ0n) is 5.42. The SMILES string of the molecule is O=C1C[C@@H]2SC(CCl)CN12. The number of carbonyl (C=O) groups is 1. The molecular formula is C6H8ClNOS. The number of β-lactam (4-membered cyclic amide) rings is 1. The fraction of sp³-hybridized carbons (Fsp3) is 0.833. The van der Waals surface area contributed by atoms with E-state index < -0.39 is 0 Å². The van der Waals surface area contributed by atoms with Gasteiger partial charge in [0.25, 0.3) is 0 Å². The molecule has 2 aliphatic rings. The van der Waals surface area contributed by atoms with E-state index >= 15 is 0 Å². The smallest absolute Gasteiger partial charge is 0.226 e. The van der Waals surface area contributed by atoms with Gasteiger partial charge in [0.15, 0.2) is 0 Å². The Bertz CT molecular complexity index is 175. The van der Waals surface area contributed by atoms with Crippen LogP contribution in [-0.2, 0) is 4.79 Å². The maximum Gasteiger partial charge on any atom is 0.226 e. The summed E-state index contributed by atoms with van der Waals surface area (Å²) in [7, 11) is 0. The molecule has 1 unspecified atom stereocenters. The Hall–Kier alpha value is 0.110. The Balaban J connectivity index is 1.99. The van der Waals surface area contributed by atoms with Crippen molar-refractivity contribution in [3.63, 3.8) is 0 Å². The molecular weight excluding hydrogens is 170 g/mol. The van der Waals surface area contributed by atoms with E-state index in [1.165, 1.54) is 0 Å². The maximum absolute atomic E-state index is 10.8. The Morgan fingerprint density at radius 2 is 2.60 bits per heavy atom. The number of alkyl halides is 1. The van der Waals surface area contributed by atoms with Crippen molar-refractivity contribution in [2.75, 3.05) is 12.4 Å². The highest BCUT2D eigenvalue weighted by molar-refractivity contribution is 8.01. The number of hydrogen-bond donors (Lipinski definition) is 0. The molecule has 2 nitrogen and oxygen atoms in total. The number of halogens is 1. The molecule has 2 rings (SSSR count). The molecule has 2 atom stereocenters. The van der Waals surface area contributed by atoms with E-state index in [1.807, 2.05) is 16.7 Å². The van der Waals surface area contributed by atoms with Crippen molar-refractivity contribution < 1.29 is 4.79 Å². The van der Waals surface area contributed by atoms with Gasteiger partial charge in [-0.25, -0.2) is 0 Å².